The van der Waals surface area contributed by atoms with Crippen molar-refractivity contribution in [1.82, 2.24) is 5.43 Å². The molecule has 0 fully saturated rings. The number of hydrazine groups is 1. The normalized spacial score (nSPS) is 9.08. The van der Waals surface area contributed by atoms with E-state index in [1.54, 1.807) is 24.3 Å². The van der Waals surface area contributed by atoms with Gasteiger partial charge in [-0.05, 0) is 12.1 Å². The molecule has 0 saturated heterocycles. The number of hydrogen-bond acceptors (Lipinski definition) is 4. The lowest BCUT2D eigenvalue weighted by atomic mass is 10.2. The predicted octanol–water partition coefficient (Wildman–Crippen LogP) is 0.953. The average Bonchev–Trinajstić information content (AvgIpc) is 2.16. The summed E-state index contributed by atoms with van der Waals surface area (Å²) in [5.41, 5.74) is 9.34. The van der Waals surface area contributed by atoms with Gasteiger partial charge in [-0.15, -0.1) is 0 Å². The molecule has 0 spiro atoms. The first-order chi connectivity index (χ1) is 5.79. The topological polar surface area (TPSA) is 91.3 Å². The van der Waals surface area contributed by atoms with E-state index < -0.39 is 5.91 Å². The van der Waals surface area contributed by atoms with Gasteiger partial charge >= 0.3 is 0 Å². The highest BCUT2D eigenvalue weighted by molar-refractivity contribution is 5.98. The van der Waals surface area contributed by atoms with Crippen LogP contribution in [0.3, 0.4) is 0 Å². The molecule has 1 aromatic carbocycles. The molecular formula is C7H8N4O. The van der Waals surface area contributed by atoms with E-state index in [1.165, 1.54) is 0 Å². The number of carbonyl (C=O) groups excluding carboxylic acids is 1. The third-order valence-electron chi connectivity index (χ3n) is 1.40. The Hall–Kier alpha value is -1.75. The molecule has 0 unspecified atom stereocenters. The van der Waals surface area contributed by atoms with Crippen LogP contribution >= 0.6 is 0 Å². The molecule has 0 aliphatic carbocycles. The number of para-hydroxylation sites is 1. The second-order valence-electron chi connectivity index (χ2n) is 2.10. The predicted molar refractivity (Wildman–Crippen MR) is 42.9 cm³/mol. The smallest absolute Gasteiger partial charge is 0.267 e. The number of nitrogens with two attached hydrogens (primary N) is 1. The van der Waals surface area contributed by atoms with Crippen LogP contribution in [-0.4, -0.2) is 5.91 Å². The first-order valence-electron chi connectivity index (χ1n) is 3.27. The van der Waals surface area contributed by atoms with Crippen molar-refractivity contribution >= 4 is 11.6 Å². The third kappa shape index (κ3) is 1.46. The summed E-state index contributed by atoms with van der Waals surface area (Å²) >= 11 is 0. The molecule has 0 heterocycles. The molecule has 0 aliphatic rings. The third-order valence-corrected chi connectivity index (χ3v) is 1.40. The summed E-state index contributed by atoms with van der Waals surface area (Å²) in [4.78, 5) is 11.0. The number of hydrogen-bond donors (Lipinski definition) is 3. The van der Waals surface area contributed by atoms with E-state index in [2.05, 4.69) is 5.11 Å². The summed E-state index contributed by atoms with van der Waals surface area (Å²) in [6.45, 7) is 0. The highest BCUT2D eigenvalue weighted by Crippen LogP contribution is 2.17. The summed E-state index contributed by atoms with van der Waals surface area (Å²) in [6.07, 6.45) is 0. The Balaban J connectivity index is 3.13. The molecule has 0 aromatic heterocycles. The maximum absolute atomic E-state index is 11.0. The zero-order valence-corrected chi connectivity index (χ0v) is 6.24. The summed E-state index contributed by atoms with van der Waals surface area (Å²) in [7, 11) is 0. The van der Waals surface area contributed by atoms with Gasteiger partial charge in [-0.2, -0.15) is 5.11 Å². The van der Waals surface area contributed by atoms with E-state index in [0.29, 0.717) is 11.3 Å². The highest BCUT2D eigenvalue weighted by atomic mass is 16.2. The van der Waals surface area contributed by atoms with Gasteiger partial charge in [-0.3, -0.25) is 10.2 Å². The minimum absolute atomic E-state index is 0.301. The van der Waals surface area contributed by atoms with Gasteiger partial charge in [-0.25, -0.2) is 11.4 Å². The van der Waals surface area contributed by atoms with Gasteiger partial charge in [-0.1, -0.05) is 12.1 Å². The fourth-order valence-corrected chi connectivity index (χ4v) is 0.841. The fourth-order valence-electron chi connectivity index (χ4n) is 0.841. The number of carbonyl (C=O) groups is 1. The number of nitrogens with one attached hydrogen (secondary N) is 2. The molecule has 5 heteroatoms. The van der Waals surface area contributed by atoms with Crippen LogP contribution in [0, 0.1) is 5.53 Å². The van der Waals surface area contributed by atoms with Crippen LogP contribution in [0.5, 0.6) is 0 Å². The molecule has 4 N–H and O–H groups in total. The van der Waals surface area contributed by atoms with Crippen LogP contribution < -0.4 is 11.3 Å². The molecule has 1 aromatic rings. The standard InChI is InChI=1S/C7H8N4O/c8-10-6-4-2-1-3-5(6)7(12)11-9/h1-4,8H,9H2,(H,11,12). The first-order valence-corrected chi connectivity index (χ1v) is 3.27. The second-order valence-corrected chi connectivity index (χ2v) is 2.10. The van der Waals surface area contributed by atoms with Crippen LogP contribution in [0.4, 0.5) is 5.69 Å². The van der Waals surface area contributed by atoms with Crippen molar-refractivity contribution in [1.29, 1.82) is 5.53 Å². The average molecular weight is 164 g/mol. The zero-order valence-electron chi connectivity index (χ0n) is 6.24. The van der Waals surface area contributed by atoms with E-state index in [4.69, 9.17) is 11.4 Å². The SMILES string of the molecule is N=Nc1ccccc1C(=O)NN. The Morgan fingerprint density at radius 3 is 2.75 bits per heavy atom. The summed E-state index contributed by atoms with van der Waals surface area (Å²) in [6, 6.07) is 6.49. The van der Waals surface area contributed by atoms with E-state index >= 15 is 0 Å². The Labute approximate surface area is 69.1 Å². The molecular weight excluding hydrogens is 156 g/mol. The van der Waals surface area contributed by atoms with E-state index in [1.807, 2.05) is 5.43 Å². The van der Waals surface area contributed by atoms with Crippen LogP contribution in [-0.2, 0) is 0 Å². The van der Waals surface area contributed by atoms with Crippen LogP contribution in [0.25, 0.3) is 0 Å². The maximum Gasteiger partial charge on any atom is 0.267 e. The fraction of sp³-hybridized carbons (Fsp3) is 0. The van der Waals surface area contributed by atoms with Crippen molar-refractivity contribution in [2.75, 3.05) is 0 Å². The minimum Gasteiger partial charge on any atom is -0.290 e. The Bertz CT molecular complexity index is 310. The Morgan fingerprint density at radius 2 is 2.17 bits per heavy atom. The first kappa shape index (κ1) is 8.35. The van der Waals surface area contributed by atoms with Gasteiger partial charge in [0.25, 0.3) is 5.91 Å². The number of amides is 1. The van der Waals surface area contributed by atoms with Gasteiger partial charge in [0.15, 0.2) is 0 Å². The van der Waals surface area contributed by atoms with Crippen molar-refractivity contribution in [2.24, 2.45) is 11.0 Å². The van der Waals surface area contributed by atoms with Crippen molar-refractivity contribution in [2.45, 2.75) is 0 Å². The van der Waals surface area contributed by atoms with E-state index in [0.717, 1.165) is 0 Å². The number of benzene rings is 1. The van der Waals surface area contributed by atoms with Crippen molar-refractivity contribution in [3.05, 3.63) is 29.8 Å². The van der Waals surface area contributed by atoms with Gasteiger partial charge in [0, 0.05) is 0 Å². The molecule has 1 rings (SSSR count). The maximum atomic E-state index is 11.0. The number of nitrogens with zero attached hydrogens (tertiary/aromatic N) is 1. The summed E-state index contributed by atoms with van der Waals surface area (Å²) in [5, 5.41) is 3.17. The lowest BCUT2D eigenvalue weighted by Crippen LogP contribution is -2.29. The van der Waals surface area contributed by atoms with Crippen LogP contribution in [0.1, 0.15) is 10.4 Å². The van der Waals surface area contributed by atoms with Crippen molar-refractivity contribution < 1.29 is 4.79 Å². The molecule has 0 saturated carbocycles. The molecule has 5 nitrogen and oxygen atoms in total. The summed E-state index contributed by atoms with van der Waals surface area (Å²) < 4.78 is 0. The lowest BCUT2D eigenvalue weighted by Gasteiger charge is -2.00. The van der Waals surface area contributed by atoms with E-state index in [-0.39, 0.29) is 0 Å². The Morgan fingerprint density at radius 1 is 1.50 bits per heavy atom. The molecule has 1 amide bonds. The number of nitrogen functional groups attached to an aromatic ring is 1. The van der Waals surface area contributed by atoms with Crippen LogP contribution in [0.15, 0.2) is 29.4 Å². The molecule has 0 atom stereocenters. The molecule has 0 aliphatic heterocycles. The summed E-state index contributed by atoms with van der Waals surface area (Å²) in [5.74, 6) is 4.48. The van der Waals surface area contributed by atoms with Gasteiger partial charge in [0.1, 0.15) is 0 Å². The number of rotatable bonds is 2. The van der Waals surface area contributed by atoms with Gasteiger partial charge in [0.2, 0.25) is 0 Å². The molecule has 62 valence electrons. The van der Waals surface area contributed by atoms with E-state index in [9.17, 15) is 4.79 Å². The zero-order chi connectivity index (χ0) is 8.97. The van der Waals surface area contributed by atoms with Crippen molar-refractivity contribution in [3.63, 3.8) is 0 Å². The molecule has 12 heavy (non-hydrogen) atoms. The monoisotopic (exact) mass is 164 g/mol. The van der Waals surface area contributed by atoms with Gasteiger partial charge < -0.3 is 0 Å². The lowest BCUT2D eigenvalue weighted by molar-refractivity contribution is 0.0954. The second kappa shape index (κ2) is 3.59. The molecule has 0 bridgehead atoms. The minimum atomic E-state index is -0.443. The van der Waals surface area contributed by atoms with Crippen LogP contribution in [0.2, 0.25) is 0 Å². The van der Waals surface area contributed by atoms with Gasteiger partial charge in [0.05, 0.1) is 11.3 Å². The highest BCUT2D eigenvalue weighted by Gasteiger charge is 2.07. The largest absolute Gasteiger partial charge is 0.290 e. The van der Waals surface area contributed by atoms with Crippen molar-refractivity contribution in [3.8, 4) is 0 Å². The quantitative estimate of drug-likeness (QED) is 0.263. The molecule has 0 radical (unpaired) electrons. The Kier molecular flexibility index (Phi) is 2.49.